The molecule has 1 amide bonds. The zero-order valence-electron chi connectivity index (χ0n) is 23.9. The van der Waals surface area contributed by atoms with Crippen LogP contribution in [0.5, 0.6) is 0 Å². The van der Waals surface area contributed by atoms with Crippen LogP contribution in [0.2, 0.25) is 5.02 Å². The SMILES string of the molecule is Cc1ccc(Cl)cc1N1CCN(C(=O)CCC(=O)O[C@@H]2O[C@@H]3O[C@@]4(C)CC[C@@H]5[C@H](C)CC[C@@H]([C@H]2C)[C@@]35OO4)CC1. The fourth-order valence-corrected chi connectivity index (χ4v) is 7.85. The molecule has 1 spiro atoms. The summed E-state index contributed by atoms with van der Waals surface area (Å²) in [6.07, 6.45) is 2.37. The second-order valence-corrected chi connectivity index (χ2v) is 13.0. The summed E-state index contributed by atoms with van der Waals surface area (Å²) in [6, 6.07) is 5.87. The number of benzene rings is 1. The first-order valence-corrected chi connectivity index (χ1v) is 15.2. The van der Waals surface area contributed by atoms with Crippen LogP contribution in [0.4, 0.5) is 5.69 Å². The highest BCUT2D eigenvalue weighted by Gasteiger charge is 2.69. The summed E-state index contributed by atoms with van der Waals surface area (Å²) in [7, 11) is 0. The summed E-state index contributed by atoms with van der Waals surface area (Å²) in [5.41, 5.74) is 1.56. The molecular weight excluding hydrogens is 536 g/mol. The molecule has 0 radical (unpaired) electrons. The standard InChI is InChI=1S/C30H41ClN2O7/c1-18-6-8-23-20(3)27(37-28-30(23)22(18)11-12-29(4,38-28)39-40-30)36-26(35)10-9-25(34)33-15-13-32(14-16-33)24-17-21(31)7-5-19(24)2/h5,7,17-18,20,22-23,27-28H,6,8-16H2,1-4H3/t18-,20-,22-,23+,27-,28-,29-,30-/m1/s1. The van der Waals surface area contributed by atoms with Crippen molar-refractivity contribution in [2.75, 3.05) is 31.1 Å². The predicted molar refractivity (Wildman–Crippen MR) is 147 cm³/mol. The maximum atomic E-state index is 12.9. The first-order chi connectivity index (χ1) is 19.1. The van der Waals surface area contributed by atoms with E-state index < -0.39 is 29.9 Å². The van der Waals surface area contributed by atoms with Crippen LogP contribution < -0.4 is 4.90 Å². The number of nitrogens with zero attached hydrogens (tertiary/aromatic N) is 2. The van der Waals surface area contributed by atoms with Crippen LogP contribution in [0.25, 0.3) is 0 Å². The van der Waals surface area contributed by atoms with E-state index in [4.69, 9.17) is 35.6 Å². The molecule has 5 aliphatic heterocycles. The van der Waals surface area contributed by atoms with Gasteiger partial charge in [0.1, 0.15) is 0 Å². The van der Waals surface area contributed by atoms with Gasteiger partial charge in [-0.3, -0.25) is 9.59 Å². The molecule has 2 bridgehead atoms. The lowest BCUT2D eigenvalue weighted by molar-refractivity contribution is -0.576. The Balaban J connectivity index is 1.04. The van der Waals surface area contributed by atoms with Crippen molar-refractivity contribution in [1.29, 1.82) is 0 Å². The number of fused-ring (bicyclic) bond motifs is 2. The van der Waals surface area contributed by atoms with E-state index >= 15 is 0 Å². The summed E-state index contributed by atoms with van der Waals surface area (Å²) in [5, 5.41) is 0.704. The van der Waals surface area contributed by atoms with E-state index in [0.717, 1.165) is 50.0 Å². The number of rotatable bonds is 5. The minimum absolute atomic E-state index is 0.0113. The maximum Gasteiger partial charge on any atom is 0.308 e. The molecule has 10 heteroatoms. The molecule has 40 heavy (non-hydrogen) atoms. The summed E-state index contributed by atoms with van der Waals surface area (Å²) in [6.45, 7) is 10.9. The van der Waals surface area contributed by atoms with Gasteiger partial charge in [-0.2, -0.15) is 0 Å². The Bertz CT molecular complexity index is 1140. The number of anilines is 1. The average Bonchev–Trinajstić information content (AvgIpc) is 3.17. The van der Waals surface area contributed by atoms with E-state index in [1.165, 1.54) is 0 Å². The Labute approximate surface area is 241 Å². The number of halogens is 1. The lowest BCUT2D eigenvalue weighted by Crippen LogP contribution is -2.70. The number of esters is 1. The number of hydrogen-bond acceptors (Lipinski definition) is 8. The van der Waals surface area contributed by atoms with E-state index in [9.17, 15) is 9.59 Å². The number of aryl methyl sites for hydroxylation is 1. The molecule has 1 aromatic rings. The van der Waals surface area contributed by atoms with Crippen molar-refractivity contribution >= 4 is 29.2 Å². The lowest BCUT2D eigenvalue weighted by atomic mass is 9.58. The van der Waals surface area contributed by atoms with Gasteiger partial charge in [-0.25, -0.2) is 9.78 Å². The van der Waals surface area contributed by atoms with E-state index in [2.05, 4.69) is 25.7 Å². The molecule has 1 aliphatic carbocycles. The van der Waals surface area contributed by atoms with Gasteiger partial charge >= 0.3 is 5.97 Å². The number of hydrogen-bond donors (Lipinski definition) is 0. The van der Waals surface area contributed by atoms with Crippen molar-refractivity contribution < 1.29 is 33.6 Å². The largest absolute Gasteiger partial charge is 0.435 e. The van der Waals surface area contributed by atoms with Crippen LogP contribution in [0.1, 0.15) is 64.9 Å². The van der Waals surface area contributed by atoms with Crippen LogP contribution in [0.3, 0.4) is 0 Å². The number of amides is 1. The average molecular weight is 577 g/mol. The van der Waals surface area contributed by atoms with Gasteiger partial charge in [0, 0.05) is 61.6 Å². The summed E-state index contributed by atoms with van der Waals surface area (Å²) >= 11 is 6.20. The minimum Gasteiger partial charge on any atom is -0.435 e. The minimum atomic E-state index is -0.880. The Morgan fingerprint density at radius 3 is 2.60 bits per heavy atom. The van der Waals surface area contributed by atoms with Crippen molar-refractivity contribution in [2.24, 2.45) is 23.7 Å². The van der Waals surface area contributed by atoms with Crippen molar-refractivity contribution in [1.82, 2.24) is 4.90 Å². The monoisotopic (exact) mass is 576 g/mol. The number of piperazine rings is 1. The molecule has 1 aromatic carbocycles. The Kier molecular flexibility index (Phi) is 7.57. The number of carbonyl (C=O) groups excluding carboxylic acids is 2. The highest BCUT2D eigenvalue weighted by Crippen LogP contribution is 2.60. The van der Waals surface area contributed by atoms with Crippen LogP contribution in [-0.4, -0.2) is 66.9 Å². The molecule has 1 saturated carbocycles. The van der Waals surface area contributed by atoms with E-state index in [-0.39, 0.29) is 36.5 Å². The third kappa shape index (κ3) is 4.91. The van der Waals surface area contributed by atoms with Gasteiger partial charge in [0.25, 0.3) is 0 Å². The van der Waals surface area contributed by atoms with Gasteiger partial charge in [0.05, 0.1) is 6.42 Å². The lowest BCUT2D eigenvalue weighted by Gasteiger charge is -2.59. The fourth-order valence-electron chi connectivity index (χ4n) is 7.68. The topological polar surface area (TPSA) is 86.8 Å². The van der Waals surface area contributed by atoms with Crippen LogP contribution in [0.15, 0.2) is 18.2 Å². The zero-order valence-corrected chi connectivity index (χ0v) is 24.7. The first kappa shape index (κ1) is 28.2. The molecule has 6 aliphatic rings. The van der Waals surface area contributed by atoms with Crippen LogP contribution in [-0.2, 0) is 33.6 Å². The highest BCUT2D eigenvalue weighted by molar-refractivity contribution is 6.30. The second-order valence-electron chi connectivity index (χ2n) is 12.6. The second kappa shape index (κ2) is 10.7. The highest BCUT2D eigenvalue weighted by atomic mass is 35.5. The summed E-state index contributed by atoms with van der Waals surface area (Å²) < 4.78 is 18.5. The maximum absolute atomic E-state index is 12.9. The molecule has 5 saturated heterocycles. The first-order valence-electron chi connectivity index (χ1n) is 14.8. The Morgan fingerprint density at radius 1 is 1.05 bits per heavy atom. The molecule has 220 valence electrons. The van der Waals surface area contributed by atoms with Gasteiger partial charge in [0.15, 0.2) is 11.9 Å². The van der Waals surface area contributed by atoms with Crippen molar-refractivity contribution in [2.45, 2.75) is 90.2 Å². The van der Waals surface area contributed by atoms with Gasteiger partial charge in [-0.1, -0.05) is 31.5 Å². The quantitative estimate of drug-likeness (QED) is 0.364. The molecule has 0 N–H and O–H groups in total. The van der Waals surface area contributed by atoms with Crippen LogP contribution >= 0.6 is 11.6 Å². The van der Waals surface area contributed by atoms with Gasteiger partial charge in [0.2, 0.25) is 18.0 Å². The fraction of sp³-hybridized carbons (Fsp3) is 0.733. The molecular formula is C30H41ClN2O7. The third-order valence-electron chi connectivity index (χ3n) is 10.0. The smallest absolute Gasteiger partial charge is 0.308 e. The third-order valence-corrected chi connectivity index (χ3v) is 10.3. The van der Waals surface area contributed by atoms with E-state index in [1.54, 1.807) is 0 Å². The number of ether oxygens (including phenoxy) is 3. The Morgan fingerprint density at radius 2 is 1.82 bits per heavy atom. The molecule has 0 aromatic heterocycles. The molecule has 6 fully saturated rings. The molecule has 0 unspecified atom stereocenters. The van der Waals surface area contributed by atoms with Gasteiger partial charge in [-0.05, 0) is 62.6 Å². The molecule has 9 nitrogen and oxygen atoms in total. The van der Waals surface area contributed by atoms with E-state index in [1.807, 2.05) is 30.0 Å². The molecule has 7 rings (SSSR count). The van der Waals surface area contributed by atoms with Gasteiger partial charge < -0.3 is 24.0 Å². The van der Waals surface area contributed by atoms with Gasteiger partial charge in [-0.15, -0.1) is 0 Å². The summed E-state index contributed by atoms with van der Waals surface area (Å²) in [5.74, 6) is -0.656. The number of carbonyl (C=O) groups is 2. The zero-order chi connectivity index (χ0) is 28.2. The molecule has 8 atom stereocenters. The van der Waals surface area contributed by atoms with Crippen molar-refractivity contribution in [3.63, 3.8) is 0 Å². The van der Waals surface area contributed by atoms with Crippen LogP contribution in [0, 0.1) is 30.6 Å². The van der Waals surface area contributed by atoms with Crippen molar-refractivity contribution in [3.8, 4) is 0 Å². The Hall–Kier alpha value is -1.91. The van der Waals surface area contributed by atoms with Crippen molar-refractivity contribution in [3.05, 3.63) is 28.8 Å². The predicted octanol–water partition coefficient (Wildman–Crippen LogP) is 4.83. The van der Waals surface area contributed by atoms with E-state index in [0.29, 0.717) is 24.0 Å². The molecule has 5 heterocycles. The summed E-state index contributed by atoms with van der Waals surface area (Å²) in [4.78, 5) is 42.0. The normalized spacial score (nSPS) is 38.9.